The highest BCUT2D eigenvalue weighted by Crippen LogP contribution is 2.27. The lowest BCUT2D eigenvalue weighted by molar-refractivity contribution is -0.160. The zero-order valence-electron chi connectivity index (χ0n) is 9.52. The Labute approximate surface area is 81.7 Å². The lowest BCUT2D eigenvalue weighted by Crippen LogP contribution is -2.31. The second-order valence-electron chi connectivity index (χ2n) is 3.89. The molecule has 0 saturated heterocycles. The van der Waals surface area contributed by atoms with E-state index in [4.69, 9.17) is 4.74 Å². The van der Waals surface area contributed by atoms with Gasteiger partial charge in [-0.2, -0.15) is 0 Å². The minimum Gasteiger partial charge on any atom is -0.462 e. The summed E-state index contributed by atoms with van der Waals surface area (Å²) in [7, 11) is 0. The van der Waals surface area contributed by atoms with Gasteiger partial charge in [-0.1, -0.05) is 20.8 Å². The molecule has 0 aromatic rings. The van der Waals surface area contributed by atoms with Crippen molar-refractivity contribution < 1.29 is 9.53 Å². The lowest BCUT2D eigenvalue weighted by Gasteiger charge is -2.26. The van der Waals surface area contributed by atoms with Gasteiger partial charge in [-0.25, -0.2) is 0 Å². The average Bonchev–Trinajstić information content (AvgIpc) is 2.16. The molecule has 0 aromatic carbocycles. The van der Waals surface area contributed by atoms with Crippen LogP contribution in [0.1, 0.15) is 53.9 Å². The van der Waals surface area contributed by atoms with Crippen LogP contribution in [-0.4, -0.2) is 12.1 Å². The SMILES string of the molecule is CCC(C)OC(=O)C(C)(CC)CC. The highest BCUT2D eigenvalue weighted by Gasteiger charge is 2.31. The third-order valence-electron chi connectivity index (χ3n) is 2.94. The van der Waals surface area contributed by atoms with Crippen LogP contribution in [0.5, 0.6) is 0 Å². The first-order valence-electron chi connectivity index (χ1n) is 5.21. The smallest absolute Gasteiger partial charge is 0.312 e. The maximum atomic E-state index is 11.7. The van der Waals surface area contributed by atoms with Gasteiger partial charge in [-0.15, -0.1) is 0 Å². The molecule has 0 amide bonds. The quantitative estimate of drug-likeness (QED) is 0.616. The molecule has 0 aliphatic rings. The van der Waals surface area contributed by atoms with Crippen LogP contribution in [-0.2, 0) is 9.53 Å². The third-order valence-corrected chi connectivity index (χ3v) is 2.94. The molecule has 0 aliphatic carbocycles. The Bertz CT molecular complexity index is 159. The normalized spacial score (nSPS) is 13.9. The van der Waals surface area contributed by atoms with E-state index in [-0.39, 0.29) is 17.5 Å². The van der Waals surface area contributed by atoms with Crippen molar-refractivity contribution in [2.45, 2.75) is 60.0 Å². The molecule has 1 atom stereocenters. The first-order chi connectivity index (χ1) is 6.00. The van der Waals surface area contributed by atoms with Gasteiger partial charge in [0.25, 0.3) is 0 Å². The van der Waals surface area contributed by atoms with Crippen LogP contribution in [0.3, 0.4) is 0 Å². The molecule has 0 aliphatic heterocycles. The van der Waals surface area contributed by atoms with E-state index in [1.807, 2.05) is 34.6 Å². The number of carbonyl (C=O) groups excluding carboxylic acids is 1. The molecule has 0 saturated carbocycles. The second kappa shape index (κ2) is 5.25. The van der Waals surface area contributed by atoms with Crippen LogP contribution in [0, 0.1) is 5.41 Å². The van der Waals surface area contributed by atoms with E-state index < -0.39 is 0 Å². The fourth-order valence-electron chi connectivity index (χ4n) is 0.947. The first kappa shape index (κ1) is 12.5. The molecule has 0 radical (unpaired) electrons. The molecule has 0 spiro atoms. The van der Waals surface area contributed by atoms with Gasteiger partial charge in [0.1, 0.15) is 0 Å². The van der Waals surface area contributed by atoms with Crippen LogP contribution in [0.2, 0.25) is 0 Å². The summed E-state index contributed by atoms with van der Waals surface area (Å²) in [6, 6.07) is 0. The topological polar surface area (TPSA) is 26.3 Å². The van der Waals surface area contributed by atoms with Crippen molar-refractivity contribution >= 4 is 5.97 Å². The maximum Gasteiger partial charge on any atom is 0.312 e. The predicted octanol–water partition coefficient (Wildman–Crippen LogP) is 3.15. The van der Waals surface area contributed by atoms with Crippen LogP contribution in [0.25, 0.3) is 0 Å². The zero-order valence-corrected chi connectivity index (χ0v) is 9.52. The summed E-state index contributed by atoms with van der Waals surface area (Å²) in [5.41, 5.74) is -0.288. The van der Waals surface area contributed by atoms with E-state index in [2.05, 4.69) is 0 Å². The van der Waals surface area contributed by atoms with E-state index in [1.54, 1.807) is 0 Å². The standard InChI is InChI=1S/C11H22O2/c1-6-9(4)13-10(12)11(5,7-2)8-3/h9H,6-8H2,1-5H3. The predicted molar refractivity (Wildman–Crippen MR) is 54.5 cm³/mol. The molecule has 2 heteroatoms. The number of hydrogen-bond donors (Lipinski definition) is 0. The van der Waals surface area contributed by atoms with Crippen molar-refractivity contribution in [3.05, 3.63) is 0 Å². The average molecular weight is 186 g/mol. The Morgan fingerprint density at radius 1 is 1.31 bits per heavy atom. The Hall–Kier alpha value is -0.530. The molecular weight excluding hydrogens is 164 g/mol. The lowest BCUT2D eigenvalue weighted by atomic mass is 9.85. The zero-order chi connectivity index (χ0) is 10.5. The van der Waals surface area contributed by atoms with Crippen LogP contribution < -0.4 is 0 Å². The van der Waals surface area contributed by atoms with Gasteiger partial charge in [0.2, 0.25) is 0 Å². The van der Waals surface area contributed by atoms with E-state index in [0.29, 0.717) is 0 Å². The maximum absolute atomic E-state index is 11.7. The highest BCUT2D eigenvalue weighted by atomic mass is 16.5. The number of ether oxygens (including phenoxy) is 1. The van der Waals surface area contributed by atoms with E-state index in [9.17, 15) is 4.79 Å². The first-order valence-corrected chi connectivity index (χ1v) is 5.21. The van der Waals surface area contributed by atoms with Crippen LogP contribution >= 0.6 is 0 Å². The fourth-order valence-corrected chi connectivity index (χ4v) is 0.947. The van der Waals surface area contributed by atoms with Crippen molar-refractivity contribution in [3.63, 3.8) is 0 Å². The largest absolute Gasteiger partial charge is 0.462 e. The summed E-state index contributed by atoms with van der Waals surface area (Å²) < 4.78 is 5.31. The third kappa shape index (κ3) is 3.37. The molecular formula is C11H22O2. The Kier molecular flexibility index (Phi) is 5.04. The Balaban J connectivity index is 4.22. The molecule has 0 N–H and O–H groups in total. The van der Waals surface area contributed by atoms with Crippen molar-refractivity contribution in [2.75, 3.05) is 0 Å². The van der Waals surface area contributed by atoms with Crippen LogP contribution in [0.4, 0.5) is 0 Å². The summed E-state index contributed by atoms with van der Waals surface area (Å²) in [6.07, 6.45) is 2.62. The minimum absolute atomic E-state index is 0.0462. The van der Waals surface area contributed by atoms with Gasteiger partial charge in [-0.3, -0.25) is 4.79 Å². The molecule has 0 bridgehead atoms. The summed E-state index contributed by atoms with van der Waals surface area (Å²) in [5.74, 6) is -0.0492. The minimum atomic E-state index is -0.288. The Morgan fingerprint density at radius 2 is 1.77 bits per heavy atom. The number of esters is 1. The van der Waals surface area contributed by atoms with Gasteiger partial charge < -0.3 is 4.74 Å². The number of hydrogen-bond acceptors (Lipinski definition) is 2. The van der Waals surface area contributed by atoms with Crippen LogP contribution in [0.15, 0.2) is 0 Å². The molecule has 0 heterocycles. The summed E-state index contributed by atoms with van der Waals surface area (Å²) >= 11 is 0. The molecule has 0 aromatic heterocycles. The second-order valence-corrected chi connectivity index (χ2v) is 3.89. The van der Waals surface area contributed by atoms with Gasteiger partial charge in [0, 0.05) is 0 Å². The van der Waals surface area contributed by atoms with Crippen molar-refractivity contribution in [1.82, 2.24) is 0 Å². The van der Waals surface area contributed by atoms with E-state index in [1.165, 1.54) is 0 Å². The fraction of sp³-hybridized carbons (Fsp3) is 0.909. The number of carbonyl (C=O) groups is 1. The molecule has 0 rings (SSSR count). The Morgan fingerprint density at radius 3 is 2.08 bits per heavy atom. The number of rotatable bonds is 5. The van der Waals surface area contributed by atoms with Gasteiger partial charge in [0.15, 0.2) is 0 Å². The van der Waals surface area contributed by atoms with Crippen molar-refractivity contribution in [2.24, 2.45) is 5.41 Å². The van der Waals surface area contributed by atoms with E-state index in [0.717, 1.165) is 19.3 Å². The molecule has 1 unspecified atom stereocenters. The van der Waals surface area contributed by atoms with Gasteiger partial charge in [-0.05, 0) is 33.1 Å². The molecule has 13 heavy (non-hydrogen) atoms. The highest BCUT2D eigenvalue weighted by molar-refractivity contribution is 5.76. The summed E-state index contributed by atoms with van der Waals surface area (Å²) in [4.78, 5) is 11.7. The molecule has 78 valence electrons. The molecule has 0 fully saturated rings. The van der Waals surface area contributed by atoms with Crippen molar-refractivity contribution in [3.8, 4) is 0 Å². The summed E-state index contributed by atoms with van der Waals surface area (Å²) in [6.45, 7) is 9.98. The van der Waals surface area contributed by atoms with Crippen molar-refractivity contribution in [1.29, 1.82) is 0 Å². The van der Waals surface area contributed by atoms with E-state index >= 15 is 0 Å². The monoisotopic (exact) mass is 186 g/mol. The van der Waals surface area contributed by atoms with Gasteiger partial charge in [0.05, 0.1) is 11.5 Å². The van der Waals surface area contributed by atoms with Gasteiger partial charge >= 0.3 is 5.97 Å². The summed E-state index contributed by atoms with van der Waals surface area (Å²) in [5, 5.41) is 0. The molecule has 2 nitrogen and oxygen atoms in total.